The lowest BCUT2D eigenvalue weighted by Gasteiger charge is -2.35. The molecular weight excluding hydrogens is 301 g/mol. The van der Waals surface area contributed by atoms with Gasteiger partial charge in [0.05, 0.1) is 5.56 Å². The quantitative estimate of drug-likeness (QED) is 0.590. The molecule has 1 aliphatic heterocycles. The normalized spacial score (nSPS) is 17.9. The summed E-state index contributed by atoms with van der Waals surface area (Å²) in [5.41, 5.74) is 0.224. The molecule has 23 heavy (non-hydrogen) atoms. The summed E-state index contributed by atoms with van der Waals surface area (Å²) in [6, 6.07) is 5.88. The number of halogens is 3. The minimum absolute atomic E-state index is 0.0595. The number of unbranched alkanes of at least 4 members (excludes halogenated alkanes) is 2. The molecule has 1 saturated heterocycles. The molecule has 0 saturated carbocycles. The molecule has 1 atom stereocenters. The first kappa shape index (κ1) is 18.0. The van der Waals surface area contributed by atoms with Gasteiger partial charge in [0.15, 0.2) is 0 Å². The molecular formula is C18H25F3N2. The second kappa shape index (κ2) is 8.50. The van der Waals surface area contributed by atoms with Crippen LogP contribution in [0.3, 0.4) is 0 Å². The van der Waals surface area contributed by atoms with E-state index in [1.54, 1.807) is 0 Å². The van der Waals surface area contributed by atoms with Crippen LogP contribution in [0, 0.1) is 0 Å². The Morgan fingerprint density at radius 3 is 2.61 bits per heavy atom. The van der Waals surface area contributed by atoms with Gasteiger partial charge in [-0.25, -0.2) is 0 Å². The van der Waals surface area contributed by atoms with E-state index in [1.807, 2.05) is 12.1 Å². The number of benzene rings is 1. The van der Waals surface area contributed by atoms with Crippen LogP contribution in [0.4, 0.5) is 13.2 Å². The van der Waals surface area contributed by atoms with Gasteiger partial charge in [-0.2, -0.15) is 13.2 Å². The van der Waals surface area contributed by atoms with Crippen molar-refractivity contribution in [3.63, 3.8) is 0 Å². The average molecular weight is 326 g/mol. The molecule has 1 N–H and O–H groups in total. The van der Waals surface area contributed by atoms with Crippen LogP contribution in [-0.4, -0.2) is 31.1 Å². The lowest BCUT2D eigenvalue weighted by molar-refractivity contribution is -0.137. The van der Waals surface area contributed by atoms with Crippen molar-refractivity contribution in [3.05, 3.63) is 48.0 Å². The average Bonchev–Trinajstić information content (AvgIpc) is 2.55. The third kappa shape index (κ3) is 5.36. The van der Waals surface area contributed by atoms with Crippen LogP contribution in [0.1, 0.15) is 42.9 Å². The summed E-state index contributed by atoms with van der Waals surface area (Å²) in [6.45, 7) is 7.26. The number of hydrogen-bond donors (Lipinski definition) is 1. The number of nitrogens with one attached hydrogen (secondary N) is 1. The van der Waals surface area contributed by atoms with E-state index in [-0.39, 0.29) is 6.04 Å². The topological polar surface area (TPSA) is 15.3 Å². The van der Waals surface area contributed by atoms with Crippen molar-refractivity contribution in [2.24, 2.45) is 0 Å². The zero-order valence-electron chi connectivity index (χ0n) is 13.4. The SMILES string of the molecule is C=CCCCC[C@@H](c1cccc(C(F)(F)F)c1)N1CCNCC1. The lowest BCUT2D eigenvalue weighted by atomic mass is 9.96. The highest BCUT2D eigenvalue weighted by atomic mass is 19.4. The smallest absolute Gasteiger partial charge is 0.314 e. The lowest BCUT2D eigenvalue weighted by Crippen LogP contribution is -2.45. The fourth-order valence-corrected chi connectivity index (χ4v) is 3.10. The van der Waals surface area contributed by atoms with Gasteiger partial charge in [-0.15, -0.1) is 6.58 Å². The molecule has 0 aromatic heterocycles. The van der Waals surface area contributed by atoms with Gasteiger partial charge in [0.2, 0.25) is 0 Å². The highest BCUT2D eigenvalue weighted by molar-refractivity contribution is 5.28. The van der Waals surface area contributed by atoms with Crippen LogP contribution in [0.2, 0.25) is 0 Å². The fraction of sp³-hybridized carbons (Fsp3) is 0.556. The summed E-state index contributed by atoms with van der Waals surface area (Å²) in [4.78, 5) is 2.31. The molecule has 1 heterocycles. The van der Waals surface area contributed by atoms with Crippen molar-refractivity contribution in [2.75, 3.05) is 26.2 Å². The van der Waals surface area contributed by atoms with Crippen molar-refractivity contribution >= 4 is 0 Å². The van der Waals surface area contributed by atoms with E-state index in [9.17, 15) is 13.2 Å². The highest BCUT2D eigenvalue weighted by Gasteiger charge is 2.31. The van der Waals surface area contributed by atoms with E-state index in [2.05, 4.69) is 16.8 Å². The van der Waals surface area contributed by atoms with E-state index < -0.39 is 11.7 Å². The predicted octanol–water partition coefficient (Wildman–Crippen LogP) is 4.40. The van der Waals surface area contributed by atoms with Crippen LogP contribution < -0.4 is 5.32 Å². The van der Waals surface area contributed by atoms with Gasteiger partial charge in [-0.1, -0.05) is 24.6 Å². The summed E-state index contributed by atoms with van der Waals surface area (Å²) in [5, 5.41) is 3.30. The second-order valence-corrected chi connectivity index (χ2v) is 6.00. The van der Waals surface area contributed by atoms with Gasteiger partial charge in [0, 0.05) is 32.2 Å². The van der Waals surface area contributed by atoms with E-state index in [0.717, 1.165) is 63.5 Å². The predicted molar refractivity (Wildman–Crippen MR) is 87.3 cm³/mol. The van der Waals surface area contributed by atoms with Gasteiger partial charge in [-0.3, -0.25) is 4.90 Å². The number of alkyl halides is 3. The third-order valence-corrected chi connectivity index (χ3v) is 4.33. The van der Waals surface area contributed by atoms with Crippen molar-refractivity contribution in [1.82, 2.24) is 10.2 Å². The van der Waals surface area contributed by atoms with Crippen LogP contribution in [0.5, 0.6) is 0 Å². The molecule has 0 amide bonds. The first-order chi connectivity index (χ1) is 11.0. The number of allylic oxidation sites excluding steroid dienone is 1. The van der Waals surface area contributed by atoms with E-state index >= 15 is 0 Å². The van der Waals surface area contributed by atoms with Crippen LogP contribution >= 0.6 is 0 Å². The number of rotatable bonds is 7. The Labute approximate surface area is 136 Å². The minimum Gasteiger partial charge on any atom is -0.314 e. The molecule has 128 valence electrons. The molecule has 2 rings (SSSR count). The molecule has 1 aliphatic rings. The minimum atomic E-state index is -4.28. The van der Waals surface area contributed by atoms with E-state index in [4.69, 9.17) is 0 Å². The summed E-state index contributed by atoms with van der Waals surface area (Å²) in [6.07, 6.45) is 1.48. The van der Waals surface area contributed by atoms with E-state index in [1.165, 1.54) is 12.1 Å². The molecule has 0 spiro atoms. The van der Waals surface area contributed by atoms with Gasteiger partial charge in [0.1, 0.15) is 0 Å². The summed E-state index contributed by atoms with van der Waals surface area (Å²) < 4.78 is 39.0. The zero-order valence-corrected chi connectivity index (χ0v) is 13.4. The first-order valence-electron chi connectivity index (χ1n) is 8.25. The Balaban J connectivity index is 2.16. The Kier molecular flexibility index (Phi) is 6.66. The van der Waals surface area contributed by atoms with Gasteiger partial charge in [-0.05, 0) is 37.0 Å². The first-order valence-corrected chi connectivity index (χ1v) is 8.25. The van der Waals surface area contributed by atoms with Crippen molar-refractivity contribution in [1.29, 1.82) is 0 Å². The van der Waals surface area contributed by atoms with Gasteiger partial charge >= 0.3 is 6.18 Å². The van der Waals surface area contributed by atoms with Crippen LogP contribution in [0.15, 0.2) is 36.9 Å². The molecule has 0 aliphatic carbocycles. The van der Waals surface area contributed by atoms with Crippen molar-refractivity contribution in [2.45, 2.75) is 37.9 Å². The molecule has 0 unspecified atom stereocenters. The molecule has 1 fully saturated rings. The maximum absolute atomic E-state index is 13.0. The van der Waals surface area contributed by atoms with E-state index in [0.29, 0.717) is 0 Å². The number of nitrogens with zero attached hydrogens (tertiary/aromatic N) is 1. The summed E-state index contributed by atoms with van der Waals surface area (Å²) >= 11 is 0. The zero-order chi connectivity index (χ0) is 16.7. The van der Waals surface area contributed by atoms with Crippen molar-refractivity contribution in [3.8, 4) is 0 Å². The number of piperazine rings is 1. The molecule has 0 radical (unpaired) electrons. The largest absolute Gasteiger partial charge is 0.416 e. The maximum atomic E-state index is 13.0. The second-order valence-electron chi connectivity index (χ2n) is 6.00. The molecule has 2 nitrogen and oxygen atoms in total. The number of hydrogen-bond acceptors (Lipinski definition) is 2. The van der Waals surface area contributed by atoms with Crippen molar-refractivity contribution < 1.29 is 13.2 Å². The highest BCUT2D eigenvalue weighted by Crippen LogP contribution is 2.33. The molecule has 1 aromatic rings. The Bertz CT molecular complexity index is 493. The molecule has 0 bridgehead atoms. The molecule has 1 aromatic carbocycles. The monoisotopic (exact) mass is 326 g/mol. The van der Waals surface area contributed by atoms with Crippen LogP contribution in [0.25, 0.3) is 0 Å². The Morgan fingerprint density at radius 2 is 1.96 bits per heavy atom. The Morgan fingerprint density at radius 1 is 1.22 bits per heavy atom. The Hall–Kier alpha value is -1.33. The van der Waals surface area contributed by atoms with Gasteiger partial charge in [0.25, 0.3) is 0 Å². The standard InChI is InChI=1S/C18H25F3N2/c1-2-3-4-5-9-17(23-12-10-22-11-13-23)15-7-6-8-16(14-15)18(19,20)21/h2,6-8,14,17,22H,1,3-5,9-13H2/t17-/m0/s1. The summed E-state index contributed by atoms with van der Waals surface area (Å²) in [5.74, 6) is 0. The summed E-state index contributed by atoms with van der Waals surface area (Å²) in [7, 11) is 0. The van der Waals surface area contributed by atoms with Crippen LogP contribution in [-0.2, 0) is 6.18 Å². The fourth-order valence-electron chi connectivity index (χ4n) is 3.10. The molecule has 5 heteroatoms. The third-order valence-electron chi connectivity index (χ3n) is 4.33. The maximum Gasteiger partial charge on any atom is 0.416 e. The van der Waals surface area contributed by atoms with Gasteiger partial charge < -0.3 is 5.32 Å².